The molecule has 2 nitrogen and oxygen atoms in total. The molecule has 0 aliphatic rings. The molecular weight excluding hydrogens is 475 g/mol. The summed E-state index contributed by atoms with van der Waals surface area (Å²) in [5, 5.41) is 4.25. The van der Waals surface area contributed by atoms with Crippen LogP contribution in [-0.4, -0.2) is 15.4 Å². The number of rotatable bonds is 8. The van der Waals surface area contributed by atoms with Crippen molar-refractivity contribution >= 4 is 31.5 Å². The van der Waals surface area contributed by atoms with Crippen LogP contribution >= 0.6 is 7.26 Å². The molecule has 0 aromatic heterocycles. The van der Waals surface area contributed by atoms with E-state index in [-0.39, 0.29) is 5.04 Å². The molecule has 0 N–H and O–H groups in total. The van der Waals surface area contributed by atoms with Crippen molar-refractivity contribution in [3.8, 4) is 11.5 Å². The van der Waals surface area contributed by atoms with Crippen LogP contribution in [0.15, 0.2) is 109 Å². The first kappa shape index (κ1) is 26.2. The Morgan fingerprint density at radius 3 is 1.47 bits per heavy atom. The van der Waals surface area contributed by atoms with Crippen LogP contribution in [0.5, 0.6) is 11.5 Å². The van der Waals surface area contributed by atoms with Gasteiger partial charge in [-0.1, -0.05) is 81.4 Å². The maximum atomic E-state index is 6.65. The van der Waals surface area contributed by atoms with Crippen molar-refractivity contribution in [2.45, 2.75) is 45.1 Å². The van der Waals surface area contributed by atoms with Crippen molar-refractivity contribution in [2.75, 3.05) is 7.11 Å². The lowest BCUT2D eigenvalue weighted by Crippen LogP contribution is -2.43. The Kier molecular flexibility index (Phi) is 7.73. The van der Waals surface area contributed by atoms with Gasteiger partial charge in [0.15, 0.2) is 5.75 Å². The molecule has 0 fully saturated rings. The smallest absolute Gasteiger partial charge is 0.250 e. The van der Waals surface area contributed by atoms with Crippen molar-refractivity contribution in [1.82, 2.24) is 0 Å². The average molecular weight is 514 g/mol. The van der Waals surface area contributed by atoms with Gasteiger partial charge in [-0.25, -0.2) is 0 Å². The summed E-state index contributed by atoms with van der Waals surface area (Å²) in [4.78, 5) is 0. The molecule has 0 saturated carbocycles. The van der Waals surface area contributed by atoms with E-state index < -0.39 is 15.6 Å². The van der Waals surface area contributed by atoms with Gasteiger partial charge in [-0.2, -0.15) is 0 Å². The largest absolute Gasteiger partial charge is 0.541 e. The molecule has 4 aromatic rings. The minimum atomic E-state index is -1.99. The fourth-order valence-electron chi connectivity index (χ4n) is 4.37. The summed E-state index contributed by atoms with van der Waals surface area (Å²) in [6, 6.07) is 39.5. The van der Waals surface area contributed by atoms with Crippen LogP contribution in [0.1, 0.15) is 26.3 Å². The molecular formula is C32H38O2PSi+. The molecule has 0 spiro atoms. The lowest BCUT2D eigenvalue weighted by Gasteiger charge is -2.36. The van der Waals surface area contributed by atoms with E-state index in [1.54, 1.807) is 7.11 Å². The average Bonchev–Trinajstić information content (AvgIpc) is 2.89. The lowest BCUT2D eigenvalue weighted by atomic mass is 10.2. The van der Waals surface area contributed by atoms with Gasteiger partial charge in [0.05, 0.1) is 13.3 Å². The first-order valence-corrected chi connectivity index (χ1v) is 17.5. The summed E-state index contributed by atoms with van der Waals surface area (Å²) in [5.41, 5.74) is 1.25. The van der Waals surface area contributed by atoms with Gasteiger partial charge in [0.2, 0.25) is 0 Å². The molecule has 0 bridgehead atoms. The highest BCUT2D eigenvalue weighted by Gasteiger charge is 2.45. The predicted molar refractivity (Wildman–Crippen MR) is 160 cm³/mol. The second-order valence-electron chi connectivity index (χ2n) is 10.8. The highest BCUT2D eigenvalue weighted by molar-refractivity contribution is 7.95. The molecule has 4 rings (SSSR count). The Bertz CT molecular complexity index is 1170. The summed E-state index contributed by atoms with van der Waals surface area (Å²) in [5.74, 6) is 1.65. The summed E-state index contributed by atoms with van der Waals surface area (Å²) in [6.07, 6.45) is 0.905. The molecule has 0 heterocycles. The second-order valence-corrected chi connectivity index (χ2v) is 19.0. The predicted octanol–water partition coefficient (Wildman–Crippen LogP) is 7.57. The molecule has 0 unspecified atom stereocenters. The van der Waals surface area contributed by atoms with Crippen LogP contribution < -0.4 is 25.1 Å². The zero-order valence-electron chi connectivity index (χ0n) is 22.4. The minimum Gasteiger partial charge on any atom is -0.541 e. The normalized spacial score (nSPS) is 12.3. The van der Waals surface area contributed by atoms with Gasteiger partial charge in [0.1, 0.15) is 28.9 Å². The number of hydrogen-bond donors (Lipinski definition) is 0. The van der Waals surface area contributed by atoms with E-state index in [4.69, 9.17) is 9.16 Å². The monoisotopic (exact) mass is 513 g/mol. The molecule has 0 aliphatic heterocycles. The molecule has 0 amide bonds. The van der Waals surface area contributed by atoms with Crippen LogP contribution in [0.4, 0.5) is 0 Å². The van der Waals surface area contributed by atoms with E-state index in [0.29, 0.717) is 0 Å². The van der Waals surface area contributed by atoms with E-state index in [9.17, 15) is 0 Å². The molecule has 4 aromatic carbocycles. The van der Waals surface area contributed by atoms with E-state index in [1.807, 2.05) is 0 Å². The Balaban J connectivity index is 1.85. The zero-order valence-corrected chi connectivity index (χ0v) is 24.3. The summed E-state index contributed by atoms with van der Waals surface area (Å²) < 4.78 is 12.5. The quantitative estimate of drug-likeness (QED) is 0.179. The maximum absolute atomic E-state index is 6.65. The maximum Gasteiger partial charge on any atom is 0.250 e. The van der Waals surface area contributed by atoms with E-state index in [1.165, 1.54) is 21.5 Å². The molecule has 4 heteroatoms. The van der Waals surface area contributed by atoms with Crippen molar-refractivity contribution in [1.29, 1.82) is 0 Å². The van der Waals surface area contributed by atoms with Gasteiger partial charge in [-0.05, 0) is 72.2 Å². The van der Waals surface area contributed by atoms with Crippen LogP contribution in [0.25, 0.3) is 0 Å². The first-order chi connectivity index (χ1) is 17.2. The summed E-state index contributed by atoms with van der Waals surface area (Å²) in [7, 11) is -2.22. The Morgan fingerprint density at radius 2 is 1.08 bits per heavy atom. The van der Waals surface area contributed by atoms with Crippen LogP contribution in [-0.2, 0) is 6.16 Å². The summed E-state index contributed by atoms with van der Waals surface area (Å²) in [6.45, 7) is 11.3. The van der Waals surface area contributed by atoms with Crippen LogP contribution in [0.3, 0.4) is 0 Å². The van der Waals surface area contributed by atoms with Gasteiger partial charge in [-0.3, -0.25) is 0 Å². The van der Waals surface area contributed by atoms with Crippen molar-refractivity contribution in [2.24, 2.45) is 0 Å². The second kappa shape index (κ2) is 10.6. The van der Waals surface area contributed by atoms with Gasteiger partial charge in [0.25, 0.3) is 8.32 Å². The summed E-state index contributed by atoms with van der Waals surface area (Å²) >= 11 is 0. The molecule has 186 valence electrons. The topological polar surface area (TPSA) is 18.5 Å². The Labute approximate surface area is 218 Å². The van der Waals surface area contributed by atoms with Gasteiger partial charge in [-0.15, -0.1) is 0 Å². The number of methoxy groups -OCH3 is 1. The van der Waals surface area contributed by atoms with Gasteiger partial charge < -0.3 is 9.16 Å². The van der Waals surface area contributed by atoms with Crippen molar-refractivity contribution < 1.29 is 9.16 Å². The molecule has 0 saturated heterocycles. The molecule has 36 heavy (non-hydrogen) atoms. The SMILES string of the molecule is COc1cc(C[P+](c2ccccc2)(c2ccccc2)c2ccccc2)ccc1O[Si](C)(C)C(C)(C)C. The third kappa shape index (κ3) is 5.28. The zero-order chi connectivity index (χ0) is 25.8. The molecule has 0 radical (unpaired) electrons. The number of hydrogen-bond acceptors (Lipinski definition) is 2. The molecule has 0 atom stereocenters. The Morgan fingerprint density at radius 1 is 0.639 bits per heavy atom. The van der Waals surface area contributed by atoms with E-state index in [0.717, 1.165) is 17.7 Å². The van der Waals surface area contributed by atoms with Gasteiger partial charge in [0, 0.05) is 0 Å². The van der Waals surface area contributed by atoms with E-state index >= 15 is 0 Å². The molecule has 0 aliphatic carbocycles. The number of ether oxygens (including phenoxy) is 1. The standard InChI is InChI=1S/C32H38O2PSi/c1-32(2,3)36(5,6)34-30-23-22-26(24-31(30)33-4)25-35(27-16-10-7-11-17-27,28-18-12-8-13-19-28)29-20-14-9-15-21-29/h7-24H,25H2,1-6H3/q+1. The highest BCUT2D eigenvalue weighted by Crippen LogP contribution is 2.58. The fraction of sp³-hybridized carbons (Fsp3) is 0.250. The first-order valence-electron chi connectivity index (χ1n) is 12.6. The number of benzene rings is 4. The van der Waals surface area contributed by atoms with E-state index in [2.05, 4.69) is 143 Å². The third-order valence-corrected chi connectivity index (χ3v) is 16.1. The van der Waals surface area contributed by atoms with Crippen LogP contribution in [0, 0.1) is 0 Å². The fourth-order valence-corrected chi connectivity index (χ4v) is 9.62. The lowest BCUT2D eigenvalue weighted by molar-refractivity contribution is 0.385. The van der Waals surface area contributed by atoms with Crippen molar-refractivity contribution in [3.63, 3.8) is 0 Å². The van der Waals surface area contributed by atoms with Crippen molar-refractivity contribution in [3.05, 3.63) is 115 Å². The van der Waals surface area contributed by atoms with Gasteiger partial charge >= 0.3 is 0 Å². The Hall–Kier alpha value is -2.87. The van der Waals surface area contributed by atoms with Crippen LogP contribution in [0.2, 0.25) is 18.1 Å². The highest BCUT2D eigenvalue weighted by atomic mass is 31.2. The minimum absolute atomic E-state index is 0.116. The third-order valence-electron chi connectivity index (χ3n) is 7.41.